The Hall–Kier alpha value is -2.02. The minimum Gasteiger partial charge on any atom is -0.378 e. The smallest absolute Gasteiger partial charge is 0.127 e. The van der Waals surface area contributed by atoms with E-state index >= 15 is 0 Å². The Morgan fingerprint density at radius 3 is 2.96 bits per heavy atom. The SMILES string of the molecule is O[C@]1(C#Cc2cccc(Cl)c2)CCC[C@@H](Nc2ccccn2)C1. The van der Waals surface area contributed by atoms with Gasteiger partial charge in [0.05, 0.1) is 0 Å². The van der Waals surface area contributed by atoms with Gasteiger partial charge in [-0.05, 0) is 49.6 Å². The molecule has 3 rings (SSSR count). The molecule has 2 aromatic rings. The van der Waals surface area contributed by atoms with Crippen LogP contribution in [0.5, 0.6) is 0 Å². The lowest BCUT2D eigenvalue weighted by Crippen LogP contribution is -2.39. The lowest BCUT2D eigenvalue weighted by Gasteiger charge is -2.33. The van der Waals surface area contributed by atoms with E-state index in [0.717, 1.165) is 24.2 Å². The molecule has 1 aromatic carbocycles. The summed E-state index contributed by atoms with van der Waals surface area (Å²) in [6, 6.07) is 13.3. The van der Waals surface area contributed by atoms with Crippen LogP contribution in [0.15, 0.2) is 48.7 Å². The number of hydrogen-bond donors (Lipinski definition) is 2. The molecule has 0 bridgehead atoms. The minimum atomic E-state index is -0.965. The number of pyridine rings is 1. The van der Waals surface area contributed by atoms with Gasteiger partial charge in [-0.3, -0.25) is 0 Å². The predicted molar refractivity (Wildman–Crippen MR) is 93.4 cm³/mol. The third-order valence-corrected chi connectivity index (χ3v) is 4.24. The summed E-state index contributed by atoms with van der Waals surface area (Å²) in [5.41, 5.74) is -0.141. The number of aromatic nitrogens is 1. The van der Waals surface area contributed by atoms with E-state index < -0.39 is 5.60 Å². The molecule has 3 nitrogen and oxygen atoms in total. The Morgan fingerprint density at radius 2 is 2.17 bits per heavy atom. The van der Waals surface area contributed by atoms with Crippen LogP contribution in [-0.4, -0.2) is 21.7 Å². The molecule has 0 aliphatic heterocycles. The van der Waals surface area contributed by atoms with Crippen LogP contribution in [0.25, 0.3) is 0 Å². The number of hydrogen-bond acceptors (Lipinski definition) is 3. The molecular weight excluding hydrogens is 308 g/mol. The number of nitrogens with one attached hydrogen (secondary N) is 1. The van der Waals surface area contributed by atoms with Crippen LogP contribution < -0.4 is 5.32 Å². The Kier molecular flexibility index (Phi) is 4.85. The van der Waals surface area contributed by atoms with Gasteiger partial charge in [-0.25, -0.2) is 4.98 Å². The molecule has 1 aliphatic rings. The van der Waals surface area contributed by atoms with Gasteiger partial charge in [-0.2, -0.15) is 0 Å². The second kappa shape index (κ2) is 7.04. The molecule has 1 fully saturated rings. The third kappa shape index (κ3) is 4.48. The summed E-state index contributed by atoms with van der Waals surface area (Å²) in [5.74, 6) is 6.93. The third-order valence-electron chi connectivity index (χ3n) is 4.01. The van der Waals surface area contributed by atoms with Crippen LogP contribution in [-0.2, 0) is 0 Å². The van der Waals surface area contributed by atoms with Gasteiger partial charge in [0.2, 0.25) is 0 Å². The Morgan fingerprint density at radius 1 is 1.26 bits per heavy atom. The normalized spacial score (nSPS) is 23.7. The summed E-state index contributed by atoms with van der Waals surface area (Å²) in [7, 11) is 0. The minimum absolute atomic E-state index is 0.178. The van der Waals surface area contributed by atoms with E-state index in [2.05, 4.69) is 22.1 Å². The van der Waals surface area contributed by atoms with E-state index in [1.54, 1.807) is 6.20 Å². The van der Waals surface area contributed by atoms with Gasteiger partial charge in [-0.1, -0.05) is 35.6 Å². The van der Waals surface area contributed by atoms with Crippen LogP contribution in [0.2, 0.25) is 5.02 Å². The first-order valence-electron chi connectivity index (χ1n) is 7.82. The molecule has 23 heavy (non-hydrogen) atoms. The maximum absolute atomic E-state index is 10.8. The molecule has 1 aromatic heterocycles. The fourth-order valence-electron chi connectivity index (χ4n) is 2.90. The lowest BCUT2D eigenvalue weighted by atomic mass is 9.82. The molecular formula is C19H19ClN2O. The van der Waals surface area contributed by atoms with Crippen molar-refractivity contribution in [2.24, 2.45) is 0 Å². The zero-order valence-corrected chi connectivity index (χ0v) is 13.6. The van der Waals surface area contributed by atoms with Crippen LogP contribution in [0.4, 0.5) is 5.82 Å². The van der Waals surface area contributed by atoms with Crippen LogP contribution in [0.1, 0.15) is 31.2 Å². The molecule has 2 N–H and O–H groups in total. The zero-order chi connectivity index (χ0) is 16.1. The number of aliphatic hydroxyl groups is 1. The number of benzene rings is 1. The molecule has 1 aliphatic carbocycles. The maximum Gasteiger partial charge on any atom is 0.127 e. The highest BCUT2D eigenvalue weighted by Crippen LogP contribution is 2.29. The second-order valence-electron chi connectivity index (χ2n) is 5.94. The Balaban J connectivity index is 1.69. The van der Waals surface area contributed by atoms with Gasteiger partial charge < -0.3 is 10.4 Å². The van der Waals surface area contributed by atoms with E-state index in [-0.39, 0.29) is 6.04 Å². The molecule has 1 saturated carbocycles. The Bertz CT molecular complexity index is 723. The second-order valence-corrected chi connectivity index (χ2v) is 6.38. The molecule has 1 heterocycles. The van der Waals surface area contributed by atoms with E-state index in [1.807, 2.05) is 42.5 Å². The highest BCUT2D eigenvalue weighted by atomic mass is 35.5. The molecule has 118 valence electrons. The number of halogens is 1. The number of rotatable bonds is 2. The first-order valence-corrected chi connectivity index (χ1v) is 8.19. The Labute approximate surface area is 141 Å². The summed E-state index contributed by atoms with van der Waals surface area (Å²) >= 11 is 5.97. The molecule has 0 radical (unpaired) electrons. The van der Waals surface area contributed by atoms with Crippen molar-refractivity contribution in [1.29, 1.82) is 0 Å². The summed E-state index contributed by atoms with van der Waals surface area (Å²) < 4.78 is 0. The van der Waals surface area contributed by atoms with Crippen molar-refractivity contribution in [2.75, 3.05) is 5.32 Å². The van der Waals surface area contributed by atoms with Gasteiger partial charge in [-0.15, -0.1) is 0 Å². The molecule has 0 unspecified atom stereocenters. The summed E-state index contributed by atoms with van der Waals surface area (Å²) in [6.07, 6.45) is 5.00. The molecule has 0 spiro atoms. The van der Waals surface area contributed by atoms with Crippen molar-refractivity contribution in [3.63, 3.8) is 0 Å². The van der Waals surface area contributed by atoms with Crippen molar-refractivity contribution >= 4 is 17.4 Å². The van der Waals surface area contributed by atoms with Crippen LogP contribution in [0, 0.1) is 11.8 Å². The van der Waals surface area contributed by atoms with Crippen LogP contribution in [0.3, 0.4) is 0 Å². The molecule has 0 amide bonds. The van der Waals surface area contributed by atoms with E-state index in [1.165, 1.54) is 0 Å². The van der Waals surface area contributed by atoms with Crippen molar-refractivity contribution in [2.45, 2.75) is 37.3 Å². The largest absolute Gasteiger partial charge is 0.378 e. The topological polar surface area (TPSA) is 45.1 Å². The monoisotopic (exact) mass is 326 g/mol. The van der Waals surface area contributed by atoms with E-state index in [9.17, 15) is 5.11 Å². The van der Waals surface area contributed by atoms with Crippen LogP contribution >= 0.6 is 11.6 Å². The van der Waals surface area contributed by atoms with Crippen molar-refractivity contribution in [3.8, 4) is 11.8 Å². The maximum atomic E-state index is 10.8. The highest BCUT2D eigenvalue weighted by molar-refractivity contribution is 6.30. The van der Waals surface area contributed by atoms with Gasteiger partial charge in [0, 0.05) is 29.2 Å². The standard InChI is InChI=1S/C19H19ClN2O/c20-16-6-3-5-15(13-16)9-11-19(23)10-4-7-17(14-19)22-18-8-1-2-12-21-18/h1-3,5-6,8,12-13,17,23H,4,7,10,14H2,(H,21,22)/t17-,19+/m1/s1. The summed E-state index contributed by atoms with van der Waals surface area (Å²) in [5, 5.41) is 14.8. The number of nitrogens with zero attached hydrogens (tertiary/aromatic N) is 1. The average Bonchev–Trinajstić information content (AvgIpc) is 2.54. The van der Waals surface area contributed by atoms with E-state index in [4.69, 9.17) is 11.6 Å². The summed E-state index contributed by atoms with van der Waals surface area (Å²) in [6.45, 7) is 0. The molecule has 2 atom stereocenters. The quantitative estimate of drug-likeness (QED) is 0.823. The fourth-order valence-corrected chi connectivity index (χ4v) is 3.09. The summed E-state index contributed by atoms with van der Waals surface area (Å²) in [4.78, 5) is 4.28. The molecule has 0 saturated heterocycles. The fraction of sp³-hybridized carbons (Fsp3) is 0.316. The van der Waals surface area contributed by atoms with Gasteiger partial charge in [0.25, 0.3) is 0 Å². The first kappa shape index (κ1) is 15.9. The van der Waals surface area contributed by atoms with Crippen molar-refractivity contribution in [3.05, 3.63) is 59.2 Å². The van der Waals surface area contributed by atoms with Gasteiger partial charge >= 0.3 is 0 Å². The lowest BCUT2D eigenvalue weighted by molar-refractivity contribution is 0.0561. The predicted octanol–water partition coefficient (Wildman–Crippen LogP) is 3.87. The van der Waals surface area contributed by atoms with Crippen molar-refractivity contribution < 1.29 is 5.11 Å². The first-order chi connectivity index (χ1) is 11.1. The van der Waals surface area contributed by atoms with Gasteiger partial charge in [0.1, 0.15) is 11.4 Å². The highest BCUT2D eigenvalue weighted by Gasteiger charge is 2.32. The van der Waals surface area contributed by atoms with Gasteiger partial charge in [0.15, 0.2) is 0 Å². The molecule has 4 heteroatoms. The zero-order valence-electron chi connectivity index (χ0n) is 12.8. The number of anilines is 1. The van der Waals surface area contributed by atoms with Crippen molar-refractivity contribution in [1.82, 2.24) is 4.98 Å². The van der Waals surface area contributed by atoms with E-state index in [0.29, 0.717) is 17.9 Å². The average molecular weight is 327 g/mol.